The molecular formula is C12H9F5. The van der Waals surface area contributed by atoms with Crippen molar-refractivity contribution in [2.24, 2.45) is 0 Å². The Bertz CT molecular complexity index is 464. The molecule has 0 amide bonds. The fourth-order valence-electron chi connectivity index (χ4n) is 2.14. The number of benzene rings is 1. The van der Waals surface area contributed by atoms with Crippen LogP contribution < -0.4 is 0 Å². The summed E-state index contributed by atoms with van der Waals surface area (Å²) in [5.41, 5.74) is -1.13. The maximum atomic E-state index is 13.6. The summed E-state index contributed by atoms with van der Waals surface area (Å²) in [6, 6.07) is 2.24. The highest BCUT2D eigenvalue weighted by molar-refractivity contribution is 5.44. The zero-order valence-electron chi connectivity index (χ0n) is 8.69. The lowest BCUT2D eigenvalue weighted by Gasteiger charge is -2.23. The molecule has 0 aliphatic heterocycles. The third-order valence-electron chi connectivity index (χ3n) is 2.99. The highest BCUT2D eigenvalue weighted by Crippen LogP contribution is 2.59. The number of alkyl halides is 4. The van der Waals surface area contributed by atoms with Gasteiger partial charge in [-0.05, 0) is 30.2 Å². The van der Waals surface area contributed by atoms with E-state index in [2.05, 4.69) is 6.58 Å². The summed E-state index contributed by atoms with van der Waals surface area (Å²) in [4.78, 5) is 0. The first-order valence-corrected chi connectivity index (χ1v) is 4.99. The van der Waals surface area contributed by atoms with Crippen molar-refractivity contribution >= 4 is 0 Å². The lowest BCUT2D eigenvalue weighted by atomic mass is 9.95. The van der Waals surface area contributed by atoms with E-state index in [9.17, 15) is 22.0 Å². The monoisotopic (exact) mass is 248 g/mol. The van der Waals surface area contributed by atoms with Gasteiger partial charge in [-0.25, -0.2) is 4.39 Å². The molecule has 0 saturated carbocycles. The van der Waals surface area contributed by atoms with E-state index in [1.807, 2.05) is 0 Å². The van der Waals surface area contributed by atoms with E-state index >= 15 is 0 Å². The topological polar surface area (TPSA) is 0 Å². The first-order valence-electron chi connectivity index (χ1n) is 4.99. The molecule has 1 atom stereocenters. The number of allylic oxidation sites excluding steroid dienone is 1. The van der Waals surface area contributed by atoms with E-state index in [4.69, 9.17) is 0 Å². The van der Waals surface area contributed by atoms with Crippen LogP contribution in [0.3, 0.4) is 0 Å². The predicted octanol–water partition coefficient (Wildman–Crippen LogP) is 4.23. The van der Waals surface area contributed by atoms with Crippen molar-refractivity contribution in [1.29, 1.82) is 0 Å². The fourth-order valence-corrected chi connectivity index (χ4v) is 2.14. The second-order valence-corrected chi connectivity index (χ2v) is 4.01. The molecule has 1 aromatic carbocycles. The summed E-state index contributed by atoms with van der Waals surface area (Å²) in [6.07, 6.45) is 0.813. The average Bonchev–Trinajstić information content (AvgIpc) is 2.37. The summed E-state index contributed by atoms with van der Waals surface area (Å²) < 4.78 is 67.1. The van der Waals surface area contributed by atoms with Crippen molar-refractivity contribution < 1.29 is 22.0 Å². The highest BCUT2D eigenvalue weighted by atomic mass is 19.3. The van der Waals surface area contributed by atoms with Crippen molar-refractivity contribution in [3.63, 3.8) is 0 Å². The van der Waals surface area contributed by atoms with Gasteiger partial charge in [-0.15, -0.1) is 6.58 Å². The maximum Gasteiger partial charge on any atom is 0.336 e. The van der Waals surface area contributed by atoms with Crippen LogP contribution in [0.2, 0.25) is 0 Å². The Kier molecular flexibility index (Phi) is 2.52. The normalized spacial score (nSPS) is 24.4. The molecule has 0 bridgehead atoms. The molecular weight excluding hydrogens is 239 g/mol. The van der Waals surface area contributed by atoms with Gasteiger partial charge in [0.15, 0.2) is 0 Å². The molecule has 2 rings (SSSR count). The Morgan fingerprint density at radius 2 is 1.88 bits per heavy atom. The Balaban J connectivity index is 2.64. The van der Waals surface area contributed by atoms with Crippen molar-refractivity contribution in [3.8, 4) is 0 Å². The molecule has 0 radical (unpaired) electrons. The lowest BCUT2D eigenvalue weighted by molar-refractivity contribution is -0.214. The van der Waals surface area contributed by atoms with Crippen LogP contribution >= 0.6 is 0 Å². The molecule has 1 aromatic rings. The molecule has 17 heavy (non-hydrogen) atoms. The maximum absolute atomic E-state index is 13.6. The summed E-state index contributed by atoms with van der Waals surface area (Å²) in [7, 11) is 0. The van der Waals surface area contributed by atoms with Crippen LogP contribution in [0, 0.1) is 5.82 Å². The van der Waals surface area contributed by atoms with Crippen molar-refractivity contribution in [2.75, 3.05) is 0 Å². The second-order valence-electron chi connectivity index (χ2n) is 4.01. The number of rotatable bonds is 2. The highest BCUT2D eigenvalue weighted by Gasteiger charge is 2.67. The minimum atomic E-state index is -4.26. The quantitative estimate of drug-likeness (QED) is 0.542. The molecule has 92 valence electrons. The summed E-state index contributed by atoms with van der Waals surface area (Å²) in [5, 5.41) is 0. The van der Waals surface area contributed by atoms with E-state index in [-0.39, 0.29) is 12.0 Å². The fraction of sp³-hybridized carbons (Fsp3) is 0.333. The van der Waals surface area contributed by atoms with E-state index in [1.165, 1.54) is 0 Å². The van der Waals surface area contributed by atoms with Crippen LogP contribution in [0.25, 0.3) is 0 Å². The molecule has 1 unspecified atom stereocenters. The van der Waals surface area contributed by atoms with Gasteiger partial charge in [-0.1, -0.05) is 6.08 Å². The first kappa shape index (κ1) is 12.1. The summed E-state index contributed by atoms with van der Waals surface area (Å²) in [5.74, 6) is -11.0. The molecule has 0 heterocycles. The Hall–Kier alpha value is -1.39. The number of fused-ring (bicyclic) bond motifs is 1. The van der Waals surface area contributed by atoms with Crippen LogP contribution in [0.15, 0.2) is 30.9 Å². The third-order valence-corrected chi connectivity index (χ3v) is 2.99. The molecule has 0 fully saturated rings. The summed E-state index contributed by atoms with van der Waals surface area (Å²) in [6.45, 7) is 3.26. The minimum absolute atomic E-state index is 0.320. The van der Waals surface area contributed by atoms with Crippen LogP contribution in [0.4, 0.5) is 22.0 Å². The Morgan fingerprint density at radius 1 is 1.24 bits per heavy atom. The Morgan fingerprint density at radius 3 is 2.47 bits per heavy atom. The van der Waals surface area contributed by atoms with Crippen LogP contribution in [-0.2, 0) is 5.92 Å². The van der Waals surface area contributed by atoms with Gasteiger partial charge in [0.2, 0.25) is 0 Å². The van der Waals surface area contributed by atoms with Gasteiger partial charge in [0.25, 0.3) is 0 Å². The van der Waals surface area contributed by atoms with E-state index in [1.54, 1.807) is 0 Å². The summed E-state index contributed by atoms with van der Waals surface area (Å²) >= 11 is 0. The van der Waals surface area contributed by atoms with E-state index in [0.29, 0.717) is 0 Å². The average molecular weight is 248 g/mol. The van der Waals surface area contributed by atoms with Crippen LogP contribution in [-0.4, -0.2) is 5.92 Å². The standard InChI is InChI=1S/C12H9F5/c1-2-3-9-8-6-7(13)4-5-10(8)12(16,17)11(9,14)15/h2,4-6,9H,1,3H2. The molecule has 0 N–H and O–H groups in total. The van der Waals surface area contributed by atoms with Gasteiger partial charge < -0.3 is 0 Å². The number of hydrogen-bond donors (Lipinski definition) is 0. The second kappa shape index (κ2) is 3.55. The van der Waals surface area contributed by atoms with E-state index in [0.717, 1.165) is 24.3 Å². The molecule has 1 aliphatic carbocycles. The number of hydrogen-bond acceptors (Lipinski definition) is 0. The van der Waals surface area contributed by atoms with Crippen LogP contribution in [0.5, 0.6) is 0 Å². The number of halogens is 5. The Labute approximate surface area is 94.8 Å². The minimum Gasteiger partial charge on any atom is -0.207 e. The van der Waals surface area contributed by atoms with Gasteiger partial charge >= 0.3 is 11.8 Å². The predicted molar refractivity (Wildman–Crippen MR) is 52.8 cm³/mol. The molecule has 0 spiro atoms. The molecule has 0 saturated heterocycles. The van der Waals surface area contributed by atoms with Gasteiger partial charge in [-0.3, -0.25) is 0 Å². The smallest absolute Gasteiger partial charge is 0.207 e. The van der Waals surface area contributed by atoms with Gasteiger partial charge in [0.1, 0.15) is 5.82 Å². The van der Waals surface area contributed by atoms with Gasteiger partial charge in [0, 0.05) is 5.56 Å². The van der Waals surface area contributed by atoms with Gasteiger partial charge in [0.05, 0.1) is 5.92 Å². The van der Waals surface area contributed by atoms with Crippen molar-refractivity contribution in [2.45, 2.75) is 24.2 Å². The first-order chi connectivity index (χ1) is 7.82. The third kappa shape index (κ3) is 1.48. The molecule has 0 aromatic heterocycles. The zero-order chi connectivity index (χ0) is 12.8. The van der Waals surface area contributed by atoms with Crippen molar-refractivity contribution in [1.82, 2.24) is 0 Å². The largest absolute Gasteiger partial charge is 0.336 e. The zero-order valence-corrected chi connectivity index (χ0v) is 8.69. The molecule has 5 heteroatoms. The lowest BCUT2D eigenvalue weighted by Crippen LogP contribution is -2.36. The van der Waals surface area contributed by atoms with E-state index < -0.39 is 29.1 Å². The van der Waals surface area contributed by atoms with Crippen LogP contribution in [0.1, 0.15) is 23.5 Å². The molecule has 1 aliphatic rings. The molecule has 0 nitrogen and oxygen atoms in total. The SMILES string of the molecule is C=CCC1c2cc(F)ccc2C(F)(F)C1(F)F. The van der Waals surface area contributed by atoms with Crippen molar-refractivity contribution in [3.05, 3.63) is 47.8 Å². The van der Waals surface area contributed by atoms with Gasteiger partial charge in [-0.2, -0.15) is 17.6 Å².